The molecule has 4 rings (SSSR count). The lowest BCUT2D eigenvalue weighted by molar-refractivity contribution is 0.184. The largest absolute Gasteiger partial charge is 0.354 e. The van der Waals surface area contributed by atoms with E-state index in [4.69, 9.17) is 0 Å². The summed E-state index contributed by atoms with van der Waals surface area (Å²) in [5.74, 6) is 2.76. The van der Waals surface area contributed by atoms with E-state index < -0.39 is 0 Å². The van der Waals surface area contributed by atoms with Crippen molar-refractivity contribution in [1.29, 1.82) is 0 Å². The number of aromatic nitrogens is 1. The summed E-state index contributed by atoms with van der Waals surface area (Å²) in [6.07, 6.45) is 7.42. The van der Waals surface area contributed by atoms with Crippen LogP contribution in [0.25, 0.3) is 0 Å². The summed E-state index contributed by atoms with van der Waals surface area (Å²) in [4.78, 5) is 9.59. The van der Waals surface area contributed by atoms with E-state index in [-0.39, 0.29) is 0 Å². The van der Waals surface area contributed by atoms with Gasteiger partial charge in [-0.15, -0.1) is 0 Å². The summed E-state index contributed by atoms with van der Waals surface area (Å²) in [6, 6.07) is 17.3. The number of hydrogen-bond acceptors (Lipinski definition) is 3. The van der Waals surface area contributed by atoms with Gasteiger partial charge in [-0.05, 0) is 48.8 Å². The van der Waals surface area contributed by atoms with Gasteiger partial charge in [-0.1, -0.05) is 42.8 Å². The fourth-order valence-electron chi connectivity index (χ4n) is 4.55. The minimum absolute atomic E-state index is 0.773. The molecular formula is C22H29N3. The third-order valence-corrected chi connectivity index (χ3v) is 5.92. The van der Waals surface area contributed by atoms with Gasteiger partial charge in [-0.3, -0.25) is 4.90 Å². The average molecular weight is 335 g/mol. The number of piperazine rings is 1. The Hall–Kier alpha value is -1.87. The highest BCUT2D eigenvalue weighted by molar-refractivity contribution is 5.38. The summed E-state index contributed by atoms with van der Waals surface area (Å²) in [7, 11) is 0. The Labute approximate surface area is 151 Å². The number of hydrogen-bond donors (Lipinski definition) is 0. The molecule has 0 bridgehead atoms. The van der Waals surface area contributed by atoms with Crippen LogP contribution in [0.15, 0.2) is 54.7 Å². The van der Waals surface area contributed by atoms with Crippen molar-refractivity contribution in [3.8, 4) is 0 Å². The first-order valence-corrected chi connectivity index (χ1v) is 9.82. The fraction of sp³-hybridized carbons (Fsp3) is 0.500. The molecule has 0 amide bonds. The van der Waals surface area contributed by atoms with E-state index in [2.05, 4.69) is 57.2 Å². The van der Waals surface area contributed by atoms with Gasteiger partial charge < -0.3 is 4.90 Å². The van der Waals surface area contributed by atoms with Crippen LogP contribution in [0.4, 0.5) is 5.82 Å². The van der Waals surface area contributed by atoms with Gasteiger partial charge in [0.1, 0.15) is 5.82 Å². The number of anilines is 1. The van der Waals surface area contributed by atoms with Crippen molar-refractivity contribution in [2.75, 3.05) is 37.6 Å². The van der Waals surface area contributed by atoms with Crippen molar-refractivity contribution >= 4 is 5.82 Å². The van der Waals surface area contributed by atoms with Crippen molar-refractivity contribution in [2.45, 2.75) is 31.6 Å². The second-order valence-corrected chi connectivity index (χ2v) is 7.62. The minimum atomic E-state index is 0.773. The summed E-state index contributed by atoms with van der Waals surface area (Å²) in [6.45, 7) is 5.82. The molecule has 132 valence electrons. The highest BCUT2D eigenvalue weighted by atomic mass is 15.3. The van der Waals surface area contributed by atoms with E-state index in [1.807, 2.05) is 12.3 Å². The van der Waals surface area contributed by atoms with Crippen LogP contribution in [0.5, 0.6) is 0 Å². The molecule has 0 N–H and O–H groups in total. The number of rotatable bonds is 4. The quantitative estimate of drug-likeness (QED) is 0.836. The first kappa shape index (κ1) is 16.6. The molecule has 1 aromatic heterocycles. The average Bonchev–Trinajstić information content (AvgIpc) is 2.70. The van der Waals surface area contributed by atoms with E-state index in [0.717, 1.165) is 30.7 Å². The van der Waals surface area contributed by atoms with Gasteiger partial charge in [0.15, 0.2) is 0 Å². The predicted molar refractivity (Wildman–Crippen MR) is 104 cm³/mol. The Morgan fingerprint density at radius 3 is 2.44 bits per heavy atom. The smallest absolute Gasteiger partial charge is 0.128 e. The molecule has 1 aliphatic carbocycles. The van der Waals surface area contributed by atoms with E-state index in [1.165, 1.54) is 45.3 Å². The Balaban J connectivity index is 1.28. The zero-order valence-electron chi connectivity index (χ0n) is 15.1. The van der Waals surface area contributed by atoms with E-state index >= 15 is 0 Å². The molecular weight excluding hydrogens is 306 g/mol. The predicted octanol–water partition coefficient (Wildman–Crippen LogP) is 4.18. The topological polar surface area (TPSA) is 19.4 Å². The van der Waals surface area contributed by atoms with Gasteiger partial charge in [0.25, 0.3) is 0 Å². The number of pyridine rings is 1. The first-order valence-electron chi connectivity index (χ1n) is 9.82. The van der Waals surface area contributed by atoms with Gasteiger partial charge in [0.2, 0.25) is 0 Å². The molecule has 2 aromatic rings. The molecule has 0 unspecified atom stereocenters. The van der Waals surface area contributed by atoms with Crippen molar-refractivity contribution < 1.29 is 0 Å². The third kappa shape index (κ3) is 4.21. The molecule has 0 spiro atoms. The molecule has 2 atom stereocenters. The maximum Gasteiger partial charge on any atom is 0.128 e. The molecule has 1 saturated carbocycles. The molecule has 1 aromatic carbocycles. The van der Waals surface area contributed by atoms with Crippen molar-refractivity contribution in [2.24, 2.45) is 5.92 Å². The molecule has 2 heterocycles. The zero-order valence-corrected chi connectivity index (χ0v) is 15.1. The van der Waals surface area contributed by atoms with Gasteiger partial charge in [-0.25, -0.2) is 4.98 Å². The summed E-state index contributed by atoms with van der Waals surface area (Å²) >= 11 is 0. The van der Waals surface area contributed by atoms with Crippen molar-refractivity contribution in [3.63, 3.8) is 0 Å². The lowest BCUT2D eigenvalue weighted by Crippen LogP contribution is -2.48. The lowest BCUT2D eigenvalue weighted by atomic mass is 9.78. The maximum atomic E-state index is 4.49. The minimum Gasteiger partial charge on any atom is -0.354 e. The second kappa shape index (κ2) is 8.01. The number of nitrogens with zero attached hydrogens (tertiary/aromatic N) is 3. The molecule has 1 saturated heterocycles. The Bertz CT molecular complexity index is 635. The van der Waals surface area contributed by atoms with Crippen molar-refractivity contribution in [3.05, 3.63) is 60.3 Å². The fourth-order valence-corrected chi connectivity index (χ4v) is 4.55. The van der Waals surface area contributed by atoms with Crippen LogP contribution in [-0.2, 0) is 0 Å². The number of benzene rings is 1. The summed E-state index contributed by atoms with van der Waals surface area (Å²) in [5.41, 5.74) is 1.55. The van der Waals surface area contributed by atoms with E-state index in [1.54, 1.807) is 5.56 Å². The van der Waals surface area contributed by atoms with Crippen LogP contribution < -0.4 is 4.90 Å². The molecule has 3 heteroatoms. The monoisotopic (exact) mass is 335 g/mol. The molecule has 3 nitrogen and oxygen atoms in total. The van der Waals surface area contributed by atoms with Crippen LogP contribution in [-0.4, -0.2) is 42.6 Å². The highest BCUT2D eigenvalue weighted by Gasteiger charge is 2.26. The van der Waals surface area contributed by atoms with Crippen LogP contribution in [0, 0.1) is 5.92 Å². The van der Waals surface area contributed by atoms with Crippen molar-refractivity contribution in [1.82, 2.24) is 9.88 Å². The molecule has 0 radical (unpaired) electrons. The lowest BCUT2D eigenvalue weighted by Gasteiger charge is -2.39. The zero-order chi connectivity index (χ0) is 16.9. The Kier molecular flexibility index (Phi) is 5.31. The molecule has 2 fully saturated rings. The van der Waals surface area contributed by atoms with Gasteiger partial charge in [0, 0.05) is 38.9 Å². The van der Waals surface area contributed by atoms with E-state index in [9.17, 15) is 0 Å². The van der Waals surface area contributed by atoms with Gasteiger partial charge in [0.05, 0.1) is 0 Å². The standard InChI is InChI=1S/C22H29N3/c1-2-8-20(9-3-1)21-10-6-7-19(17-21)18-24-13-15-25(16-14-24)22-11-4-5-12-23-22/h1-5,8-9,11-12,19,21H,6-7,10,13-18H2/t19-,21-/m1/s1. The second-order valence-electron chi connectivity index (χ2n) is 7.62. The van der Waals surface area contributed by atoms with Crippen LogP contribution in [0.2, 0.25) is 0 Å². The SMILES string of the molecule is c1ccc([C@@H]2CCC[C@@H](CN3CCN(c4ccccn4)CC3)C2)cc1. The molecule has 1 aliphatic heterocycles. The summed E-state index contributed by atoms with van der Waals surface area (Å²) in [5, 5.41) is 0. The van der Waals surface area contributed by atoms with E-state index in [0.29, 0.717) is 0 Å². The summed E-state index contributed by atoms with van der Waals surface area (Å²) < 4.78 is 0. The third-order valence-electron chi connectivity index (χ3n) is 5.92. The van der Waals surface area contributed by atoms with Crippen LogP contribution in [0.3, 0.4) is 0 Å². The van der Waals surface area contributed by atoms with Gasteiger partial charge in [-0.2, -0.15) is 0 Å². The van der Waals surface area contributed by atoms with Crippen LogP contribution >= 0.6 is 0 Å². The Morgan fingerprint density at radius 1 is 0.880 bits per heavy atom. The molecule has 25 heavy (non-hydrogen) atoms. The van der Waals surface area contributed by atoms with Crippen LogP contribution in [0.1, 0.15) is 37.2 Å². The van der Waals surface area contributed by atoms with Gasteiger partial charge >= 0.3 is 0 Å². The highest BCUT2D eigenvalue weighted by Crippen LogP contribution is 2.36. The molecule has 2 aliphatic rings. The first-order chi connectivity index (χ1) is 12.4. The normalized spacial score (nSPS) is 25.0. The maximum absolute atomic E-state index is 4.49. The Morgan fingerprint density at radius 2 is 1.68 bits per heavy atom.